The fraction of sp³-hybridized carbons (Fsp3) is 0.182. The van der Waals surface area contributed by atoms with Gasteiger partial charge in [0.15, 0.2) is 5.25 Å². The minimum absolute atomic E-state index is 0.101. The average Bonchev–Trinajstić information content (AvgIpc) is 2.30. The first-order chi connectivity index (χ1) is 9.29. The van der Waals surface area contributed by atoms with Crippen molar-refractivity contribution in [2.45, 2.75) is 12.2 Å². The van der Waals surface area contributed by atoms with Crippen molar-refractivity contribution in [3.8, 4) is 0 Å². The molecule has 0 aromatic heterocycles. The van der Waals surface area contributed by atoms with Gasteiger partial charge in [0.05, 0.1) is 5.71 Å². The van der Waals surface area contributed by atoms with Crippen LogP contribution < -0.4 is 10.0 Å². The van der Waals surface area contributed by atoms with E-state index in [9.17, 15) is 22.4 Å². The number of nitrogens with one attached hydrogen (secondary N) is 2. The molecule has 1 aliphatic heterocycles. The van der Waals surface area contributed by atoms with Crippen molar-refractivity contribution in [3.05, 3.63) is 30.1 Å². The first-order valence-corrected chi connectivity index (χ1v) is 7.01. The zero-order valence-electron chi connectivity index (χ0n) is 10.3. The maximum absolute atomic E-state index is 12.7. The van der Waals surface area contributed by atoms with Gasteiger partial charge in [-0.1, -0.05) is 0 Å². The molecule has 2 N–H and O–H groups in total. The highest BCUT2D eigenvalue weighted by molar-refractivity contribution is 7.94. The lowest BCUT2D eigenvalue weighted by molar-refractivity contribution is -0.118. The van der Waals surface area contributed by atoms with E-state index in [4.69, 9.17) is 0 Å². The summed E-state index contributed by atoms with van der Waals surface area (Å²) in [5.74, 6) is -1.50. The van der Waals surface area contributed by atoms with Gasteiger partial charge in [-0.3, -0.25) is 14.8 Å². The Kier molecular flexibility index (Phi) is 3.53. The Balaban J connectivity index is 2.31. The van der Waals surface area contributed by atoms with E-state index in [1.54, 1.807) is 0 Å². The van der Waals surface area contributed by atoms with Crippen LogP contribution in [0.25, 0.3) is 0 Å². The summed E-state index contributed by atoms with van der Waals surface area (Å²) in [6.07, 6.45) is 0. The largest absolute Gasteiger partial charge is 0.347 e. The molecule has 3 amide bonds. The SMILES string of the molecule is CC1=NC(=O)NC(=O)C1S(=O)(=O)Nc1ccc(F)cc1. The lowest BCUT2D eigenvalue weighted by Crippen LogP contribution is -2.51. The number of carbonyl (C=O) groups excluding carboxylic acids is 2. The highest BCUT2D eigenvalue weighted by Crippen LogP contribution is 2.15. The first kappa shape index (κ1) is 14.1. The van der Waals surface area contributed by atoms with Gasteiger partial charge >= 0.3 is 6.03 Å². The number of hydrogen-bond acceptors (Lipinski definition) is 4. The molecule has 20 heavy (non-hydrogen) atoms. The van der Waals surface area contributed by atoms with Gasteiger partial charge in [0.1, 0.15) is 5.82 Å². The number of carbonyl (C=O) groups is 2. The van der Waals surface area contributed by atoms with Crippen molar-refractivity contribution in [1.29, 1.82) is 0 Å². The van der Waals surface area contributed by atoms with Gasteiger partial charge in [0.2, 0.25) is 10.0 Å². The molecule has 1 heterocycles. The molecule has 7 nitrogen and oxygen atoms in total. The van der Waals surface area contributed by atoms with Crippen molar-refractivity contribution < 1.29 is 22.4 Å². The molecule has 0 fully saturated rings. The van der Waals surface area contributed by atoms with Gasteiger partial charge < -0.3 is 0 Å². The van der Waals surface area contributed by atoms with E-state index in [0.29, 0.717) is 0 Å². The van der Waals surface area contributed by atoms with Crippen LogP contribution in [0.5, 0.6) is 0 Å². The van der Waals surface area contributed by atoms with Crippen molar-refractivity contribution in [3.63, 3.8) is 0 Å². The number of amides is 3. The third kappa shape index (κ3) is 2.82. The first-order valence-electron chi connectivity index (χ1n) is 5.47. The Morgan fingerprint density at radius 1 is 1.25 bits per heavy atom. The second-order valence-corrected chi connectivity index (χ2v) is 5.85. The van der Waals surface area contributed by atoms with Crippen molar-refractivity contribution in [2.75, 3.05) is 4.72 Å². The van der Waals surface area contributed by atoms with Gasteiger partial charge in [-0.2, -0.15) is 0 Å². The number of hydrogen-bond donors (Lipinski definition) is 2. The Hall–Kier alpha value is -2.29. The van der Waals surface area contributed by atoms with Crippen molar-refractivity contribution in [1.82, 2.24) is 5.32 Å². The van der Waals surface area contributed by atoms with Crippen LogP contribution in [0.2, 0.25) is 0 Å². The van der Waals surface area contributed by atoms with E-state index in [-0.39, 0.29) is 11.4 Å². The summed E-state index contributed by atoms with van der Waals surface area (Å²) in [5, 5.41) is 0.210. The third-order valence-electron chi connectivity index (χ3n) is 2.54. The van der Waals surface area contributed by atoms with Gasteiger partial charge in [-0.15, -0.1) is 0 Å². The molecule has 9 heteroatoms. The number of imide groups is 1. The van der Waals surface area contributed by atoms with Crippen LogP contribution in [0.1, 0.15) is 6.92 Å². The van der Waals surface area contributed by atoms with Gasteiger partial charge in [-0.25, -0.2) is 22.6 Å². The number of aliphatic imine (C=N–C) groups is 1. The topological polar surface area (TPSA) is 105 Å². The predicted octanol–water partition coefficient (Wildman–Crippen LogP) is 0.647. The van der Waals surface area contributed by atoms with Crippen molar-refractivity contribution in [2.24, 2.45) is 4.99 Å². The molecule has 1 atom stereocenters. The second-order valence-electron chi connectivity index (χ2n) is 4.08. The number of rotatable bonds is 3. The van der Waals surface area contributed by atoms with Crippen LogP contribution in [-0.4, -0.2) is 31.3 Å². The summed E-state index contributed by atoms with van der Waals surface area (Å²) >= 11 is 0. The maximum atomic E-state index is 12.7. The molecule has 0 bridgehead atoms. The highest BCUT2D eigenvalue weighted by Gasteiger charge is 2.39. The van der Waals surface area contributed by atoms with Crippen LogP contribution in [-0.2, 0) is 14.8 Å². The molecule has 1 aromatic rings. The summed E-state index contributed by atoms with van der Waals surface area (Å²) in [6.45, 7) is 1.27. The minimum Gasteiger partial charge on any atom is -0.283 e. The fourth-order valence-corrected chi connectivity index (χ4v) is 3.14. The van der Waals surface area contributed by atoms with E-state index in [1.165, 1.54) is 19.1 Å². The molecule has 0 aliphatic carbocycles. The van der Waals surface area contributed by atoms with Crippen LogP contribution in [0.15, 0.2) is 29.3 Å². The molecular weight excluding hydrogens is 289 g/mol. The summed E-state index contributed by atoms with van der Waals surface area (Å²) in [5.41, 5.74) is -0.0303. The van der Waals surface area contributed by atoms with Gasteiger partial charge in [-0.05, 0) is 31.2 Å². The normalized spacial score (nSPS) is 19.3. The highest BCUT2D eigenvalue weighted by atomic mass is 32.2. The molecule has 0 saturated carbocycles. The Morgan fingerprint density at radius 2 is 1.85 bits per heavy atom. The second kappa shape index (κ2) is 5.00. The molecular formula is C11H10FN3O4S. The molecule has 1 aromatic carbocycles. The fourth-order valence-electron chi connectivity index (χ4n) is 1.71. The molecule has 2 rings (SSSR count). The summed E-state index contributed by atoms with van der Waals surface area (Å²) < 4.78 is 39.1. The number of urea groups is 1. The third-order valence-corrected chi connectivity index (χ3v) is 4.24. The standard InChI is InChI=1S/C11H10FN3O4S/c1-6-9(10(16)14-11(17)13-6)20(18,19)15-8-4-2-7(12)3-5-8/h2-5,9,15H,1H3,(H,14,16,17). The van der Waals surface area contributed by atoms with Crippen LogP contribution >= 0.6 is 0 Å². The predicted molar refractivity (Wildman–Crippen MR) is 69.4 cm³/mol. The quantitative estimate of drug-likeness (QED) is 0.854. The number of halogens is 1. The molecule has 106 valence electrons. The number of sulfonamides is 1. The molecule has 1 aliphatic rings. The molecule has 0 spiro atoms. The Bertz CT molecular complexity index is 697. The Morgan fingerprint density at radius 3 is 2.40 bits per heavy atom. The van der Waals surface area contributed by atoms with Crippen molar-refractivity contribution >= 4 is 33.4 Å². The van der Waals surface area contributed by atoms with E-state index in [2.05, 4.69) is 9.71 Å². The number of anilines is 1. The summed E-state index contributed by atoms with van der Waals surface area (Å²) in [7, 11) is -4.14. The lowest BCUT2D eigenvalue weighted by Gasteiger charge is -2.20. The Labute approximate surface area is 113 Å². The minimum atomic E-state index is -4.14. The van der Waals surface area contributed by atoms with Crippen LogP contribution in [0.4, 0.5) is 14.9 Å². The molecule has 1 unspecified atom stereocenters. The number of benzene rings is 1. The molecule has 0 saturated heterocycles. The van der Waals surface area contributed by atoms with Gasteiger partial charge in [0.25, 0.3) is 5.91 Å². The van der Waals surface area contributed by atoms with E-state index >= 15 is 0 Å². The molecule has 0 radical (unpaired) electrons. The monoisotopic (exact) mass is 299 g/mol. The summed E-state index contributed by atoms with van der Waals surface area (Å²) in [6, 6.07) is 3.67. The van der Waals surface area contributed by atoms with Crippen LogP contribution in [0.3, 0.4) is 0 Å². The zero-order valence-corrected chi connectivity index (χ0v) is 11.1. The lowest BCUT2D eigenvalue weighted by atomic mass is 10.2. The average molecular weight is 299 g/mol. The van der Waals surface area contributed by atoms with Crippen LogP contribution in [0, 0.1) is 5.82 Å². The van der Waals surface area contributed by atoms with E-state index < -0.39 is 33.0 Å². The number of nitrogens with zero attached hydrogens (tertiary/aromatic N) is 1. The zero-order chi connectivity index (χ0) is 14.9. The van der Waals surface area contributed by atoms with E-state index in [1.807, 2.05) is 5.32 Å². The summed E-state index contributed by atoms with van der Waals surface area (Å²) in [4.78, 5) is 26.0. The van der Waals surface area contributed by atoms with Gasteiger partial charge in [0, 0.05) is 5.69 Å². The maximum Gasteiger partial charge on any atom is 0.347 e. The van der Waals surface area contributed by atoms with E-state index in [0.717, 1.165) is 12.1 Å². The smallest absolute Gasteiger partial charge is 0.283 e.